The zero-order valence-corrected chi connectivity index (χ0v) is 11.8. The molecule has 1 rings (SSSR count). The van der Waals surface area contributed by atoms with Gasteiger partial charge in [-0.15, -0.1) is 0 Å². The summed E-state index contributed by atoms with van der Waals surface area (Å²) in [5.41, 5.74) is 0.770. The molecule has 17 heavy (non-hydrogen) atoms. The molecule has 6 heteroatoms. The molecule has 4 nitrogen and oxygen atoms in total. The van der Waals surface area contributed by atoms with Crippen molar-refractivity contribution in [2.75, 3.05) is 7.11 Å². The number of halogens is 1. The normalized spacial score (nSPS) is 11.9. The van der Waals surface area contributed by atoms with Gasteiger partial charge in [0.25, 0.3) is 0 Å². The van der Waals surface area contributed by atoms with Crippen molar-refractivity contribution in [2.24, 2.45) is 0 Å². The maximum absolute atomic E-state index is 12.0. The predicted molar refractivity (Wildman–Crippen MR) is 68.2 cm³/mol. The smallest absolute Gasteiger partial charge is 0.244 e. The van der Waals surface area contributed by atoms with Crippen molar-refractivity contribution in [1.82, 2.24) is 4.72 Å². The first-order chi connectivity index (χ1) is 7.77. The summed E-state index contributed by atoms with van der Waals surface area (Å²) in [5.74, 6) is 0.292. The molecule has 0 heterocycles. The molecule has 1 N–H and O–H groups in total. The van der Waals surface area contributed by atoms with Crippen LogP contribution in [0.2, 0.25) is 5.02 Å². The number of sulfonamides is 1. The van der Waals surface area contributed by atoms with Crippen molar-refractivity contribution in [2.45, 2.75) is 31.7 Å². The van der Waals surface area contributed by atoms with Crippen LogP contribution in [0, 0.1) is 6.92 Å². The van der Waals surface area contributed by atoms with Gasteiger partial charge in [-0.25, -0.2) is 13.1 Å². The van der Waals surface area contributed by atoms with Gasteiger partial charge in [0.1, 0.15) is 10.6 Å². The molecule has 0 saturated heterocycles. The summed E-state index contributed by atoms with van der Waals surface area (Å²) in [6.07, 6.45) is 0. The second kappa shape index (κ2) is 5.25. The number of aryl methyl sites for hydroxylation is 1. The first-order valence-electron chi connectivity index (χ1n) is 5.14. The molecule has 1 aromatic carbocycles. The fourth-order valence-corrected chi connectivity index (χ4v) is 3.04. The van der Waals surface area contributed by atoms with Gasteiger partial charge in [-0.1, -0.05) is 11.6 Å². The van der Waals surface area contributed by atoms with Crippen LogP contribution >= 0.6 is 11.6 Å². The largest absolute Gasteiger partial charge is 0.495 e. The van der Waals surface area contributed by atoms with E-state index in [4.69, 9.17) is 16.3 Å². The van der Waals surface area contributed by atoms with Crippen molar-refractivity contribution in [3.05, 3.63) is 22.7 Å². The topological polar surface area (TPSA) is 55.4 Å². The Morgan fingerprint density at radius 2 is 1.94 bits per heavy atom. The standard InChI is InChI=1S/C11H16ClNO3S/c1-7(2)13-17(14,15)11-6-9(12)8(3)5-10(11)16-4/h5-7,13H,1-4H3. The Balaban J connectivity index is 3.35. The lowest BCUT2D eigenvalue weighted by atomic mass is 10.2. The summed E-state index contributed by atoms with van der Waals surface area (Å²) in [5, 5.41) is 0.398. The van der Waals surface area contributed by atoms with Crippen molar-refractivity contribution in [3.63, 3.8) is 0 Å². The van der Waals surface area contributed by atoms with Crippen molar-refractivity contribution in [3.8, 4) is 5.75 Å². The Hall–Kier alpha value is -0.780. The highest BCUT2D eigenvalue weighted by molar-refractivity contribution is 7.89. The van der Waals surface area contributed by atoms with Crippen LogP contribution in [0.15, 0.2) is 17.0 Å². The third-order valence-corrected chi connectivity index (χ3v) is 4.21. The lowest BCUT2D eigenvalue weighted by Crippen LogP contribution is -2.30. The van der Waals surface area contributed by atoms with Gasteiger partial charge in [0.05, 0.1) is 7.11 Å². The molecular weight excluding hydrogens is 262 g/mol. The highest BCUT2D eigenvalue weighted by Crippen LogP contribution is 2.30. The van der Waals surface area contributed by atoms with Crippen LogP contribution in [0.3, 0.4) is 0 Å². The summed E-state index contributed by atoms with van der Waals surface area (Å²) >= 11 is 5.94. The average Bonchev–Trinajstić information content (AvgIpc) is 2.19. The van der Waals surface area contributed by atoms with E-state index in [0.717, 1.165) is 5.56 Å². The minimum absolute atomic E-state index is 0.0595. The fourth-order valence-electron chi connectivity index (χ4n) is 1.38. The first-order valence-corrected chi connectivity index (χ1v) is 7.00. The molecule has 0 unspecified atom stereocenters. The monoisotopic (exact) mass is 277 g/mol. The van der Waals surface area contributed by atoms with Crippen LogP contribution < -0.4 is 9.46 Å². The number of hydrogen-bond donors (Lipinski definition) is 1. The minimum atomic E-state index is -3.60. The average molecular weight is 278 g/mol. The van der Waals surface area contributed by atoms with Gasteiger partial charge in [-0.3, -0.25) is 0 Å². The fraction of sp³-hybridized carbons (Fsp3) is 0.455. The minimum Gasteiger partial charge on any atom is -0.495 e. The highest BCUT2D eigenvalue weighted by atomic mass is 35.5. The molecule has 0 saturated carbocycles. The second-order valence-electron chi connectivity index (χ2n) is 4.03. The molecule has 0 spiro atoms. The molecule has 0 radical (unpaired) electrons. The summed E-state index contributed by atoms with van der Waals surface area (Å²) < 4.78 is 31.6. The van der Waals surface area contributed by atoms with E-state index in [1.807, 2.05) is 0 Å². The molecule has 0 atom stereocenters. The van der Waals surface area contributed by atoms with Gasteiger partial charge < -0.3 is 4.74 Å². The Labute approximate surface area is 107 Å². The zero-order chi connectivity index (χ0) is 13.2. The SMILES string of the molecule is COc1cc(C)c(Cl)cc1S(=O)(=O)NC(C)C. The summed E-state index contributed by atoms with van der Waals surface area (Å²) in [4.78, 5) is 0.0595. The van der Waals surface area contributed by atoms with Gasteiger partial charge in [-0.2, -0.15) is 0 Å². The van der Waals surface area contributed by atoms with Crippen LogP contribution in [0.4, 0.5) is 0 Å². The lowest BCUT2D eigenvalue weighted by Gasteiger charge is -2.14. The lowest BCUT2D eigenvalue weighted by molar-refractivity contribution is 0.402. The molecule has 0 aromatic heterocycles. The molecule has 96 valence electrons. The van der Waals surface area contributed by atoms with E-state index in [1.54, 1.807) is 26.8 Å². The van der Waals surface area contributed by atoms with E-state index in [0.29, 0.717) is 10.8 Å². The highest BCUT2D eigenvalue weighted by Gasteiger charge is 2.21. The molecule has 0 aliphatic carbocycles. The third-order valence-electron chi connectivity index (χ3n) is 2.13. The summed E-state index contributed by atoms with van der Waals surface area (Å²) in [6.45, 7) is 5.29. The number of nitrogens with one attached hydrogen (secondary N) is 1. The van der Waals surface area contributed by atoms with Crippen molar-refractivity contribution < 1.29 is 13.2 Å². The third kappa shape index (κ3) is 3.34. The van der Waals surface area contributed by atoms with Crippen LogP contribution in [-0.4, -0.2) is 21.6 Å². The van der Waals surface area contributed by atoms with E-state index in [-0.39, 0.29) is 10.9 Å². The Kier molecular flexibility index (Phi) is 4.41. The van der Waals surface area contributed by atoms with Crippen LogP contribution in [0.1, 0.15) is 19.4 Å². The van der Waals surface area contributed by atoms with Crippen molar-refractivity contribution in [1.29, 1.82) is 0 Å². The quantitative estimate of drug-likeness (QED) is 0.919. The number of ether oxygens (including phenoxy) is 1. The van der Waals surface area contributed by atoms with E-state index >= 15 is 0 Å². The molecular formula is C11H16ClNO3S. The first kappa shape index (κ1) is 14.3. The second-order valence-corrected chi connectivity index (χ2v) is 6.12. The number of rotatable bonds is 4. The van der Waals surface area contributed by atoms with Gasteiger partial charge in [0, 0.05) is 11.1 Å². The van der Waals surface area contributed by atoms with E-state index in [2.05, 4.69) is 4.72 Å². The van der Waals surface area contributed by atoms with Gasteiger partial charge >= 0.3 is 0 Å². The van der Waals surface area contributed by atoms with Gasteiger partial charge in [0.15, 0.2) is 0 Å². The summed E-state index contributed by atoms with van der Waals surface area (Å²) in [7, 11) is -2.17. The zero-order valence-electron chi connectivity index (χ0n) is 10.2. The van der Waals surface area contributed by atoms with E-state index < -0.39 is 10.0 Å². The molecule has 0 aliphatic rings. The number of benzene rings is 1. The van der Waals surface area contributed by atoms with Crippen molar-refractivity contribution >= 4 is 21.6 Å². The van der Waals surface area contributed by atoms with Crippen LogP contribution in [0.25, 0.3) is 0 Å². The predicted octanol–water partition coefficient (Wildman–Crippen LogP) is 2.34. The van der Waals surface area contributed by atoms with Gasteiger partial charge in [0.2, 0.25) is 10.0 Å². The molecule has 0 fully saturated rings. The Morgan fingerprint density at radius 3 is 2.41 bits per heavy atom. The van der Waals surface area contributed by atoms with Crippen LogP contribution in [0.5, 0.6) is 5.75 Å². The Morgan fingerprint density at radius 1 is 1.35 bits per heavy atom. The van der Waals surface area contributed by atoms with Crippen LogP contribution in [-0.2, 0) is 10.0 Å². The maximum atomic E-state index is 12.0. The van der Waals surface area contributed by atoms with Gasteiger partial charge in [-0.05, 0) is 38.5 Å². The van der Waals surface area contributed by atoms with E-state index in [9.17, 15) is 8.42 Å². The van der Waals surface area contributed by atoms with E-state index in [1.165, 1.54) is 13.2 Å². The molecule has 1 aromatic rings. The molecule has 0 aliphatic heterocycles. The summed E-state index contributed by atoms with van der Waals surface area (Å²) in [6, 6.07) is 2.82. The number of hydrogen-bond acceptors (Lipinski definition) is 3. The molecule has 0 bridgehead atoms. The Bertz CT molecular complexity index is 512. The maximum Gasteiger partial charge on any atom is 0.244 e. The number of methoxy groups -OCH3 is 1. The molecule has 0 amide bonds.